The fraction of sp³-hybridized carbons (Fsp3) is 0.314. The second kappa shape index (κ2) is 17.4. The number of aliphatic hydroxyl groups is 1. The van der Waals surface area contributed by atoms with Crippen LogP contribution < -0.4 is 16.0 Å². The quantitative estimate of drug-likeness (QED) is 0.135. The molecule has 3 aromatic rings. The number of amides is 3. The van der Waals surface area contributed by atoms with E-state index in [9.17, 15) is 24.3 Å². The summed E-state index contributed by atoms with van der Waals surface area (Å²) in [5.41, 5.74) is 1.46. The van der Waals surface area contributed by atoms with Crippen molar-refractivity contribution in [1.82, 2.24) is 10.6 Å². The Hall–Kier alpha value is -4.76. The molecule has 0 aliphatic rings. The predicted molar refractivity (Wildman–Crippen MR) is 172 cm³/mol. The van der Waals surface area contributed by atoms with Crippen LogP contribution in [0.25, 0.3) is 10.8 Å². The van der Waals surface area contributed by atoms with E-state index >= 15 is 0 Å². The molecule has 9 heteroatoms. The third kappa shape index (κ3) is 10.5. The molecule has 0 heterocycles. The third-order valence-electron chi connectivity index (χ3n) is 7.09. The fourth-order valence-corrected chi connectivity index (χ4v) is 4.70. The molecule has 0 aliphatic heterocycles. The van der Waals surface area contributed by atoms with Gasteiger partial charge in [0.25, 0.3) is 5.91 Å². The molecule has 0 aliphatic carbocycles. The van der Waals surface area contributed by atoms with Crippen molar-refractivity contribution >= 4 is 40.2 Å². The van der Waals surface area contributed by atoms with E-state index in [0.717, 1.165) is 16.3 Å². The molecule has 0 saturated carbocycles. The van der Waals surface area contributed by atoms with Crippen molar-refractivity contribution in [2.45, 2.75) is 44.7 Å². The summed E-state index contributed by atoms with van der Waals surface area (Å²) in [4.78, 5) is 52.5. The van der Waals surface area contributed by atoms with E-state index in [1.807, 2.05) is 66.7 Å². The van der Waals surface area contributed by atoms with Gasteiger partial charge in [0, 0.05) is 18.2 Å². The van der Waals surface area contributed by atoms with Crippen LogP contribution in [0.4, 0.5) is 5.69 Å². The molecule has 4 N–H and O–H groups in total. The molecule has 0 fully saturated rings. The molecule has 0 aromatic heterocycles. The first-order valence-corrected chi connectivity index (χ1v) is 14.7. The molecule has 3 amide bonds. The molecule has 3 aromatic carbocycles. The first-order valence-electron chi connectivity index (χ1n) is 14.7. The average molecular weight is 600 g/mol. The minimum absolute atomic E-state index is 0.171. The summed E-state index contributed by atoms with van der Waals surface area (Å²) in [5, 5.41) is 19.3. The van der Waals surface area contributed by atoms with Gasteiger partial charge >= 0.3 is 5.97 Å². The Kier molecular flexibility index (Phi) is 13.3. The Bertz CT molecular complexity index is 1440. The second-order valence-corrected chi connectivity index (χ2v) is 10.7. The van der Waals surface area contributed by atoms with Crippen molar-refractivity contribution in [3.63, 3.8) is 0 Å². The maximum Gasteiger partial charge on any atom is 0.309 e. The molecule has 44 heavy (non-hydrogen) atoms. The Morgan fingerprint density at radius 2 is 1.50 bits per heavy atom. The predicted octanol–water partition coefficient (Wildman–Crippen LogP) is 4.32. The van der Waals surface area contributed by atoms with E-state index < -0.39 is 54.2 Å². The van der Waals surface area contributed by atoms with E-state index in [0.29, 0.717) is 18.5 Å². The maximum atomic E-state index is 13.5. The van der Waals surface area contributed by atoms with Gasteiger partial charge < -0.3 is 25.8 Å². The van der Waals surface area contributed by atoms with Crippen molar-refractivity contribution in [1.29, 1.82) is 0 Å². The minimum atomic E-state index is -1.24. The largest absolute Gasteiger partial charge is 0.463 e. The van der Waals surface area contributed by atoms with Gasteiger partial charge in [-0.3, -0.25) is 19.2 Å². The van der Waals surface area contributed by atoms with Gasteiger partial charge in [0.1, 0.15) is 12.6 Å². The molecule has 4 atom stereocenters. The summed E-state index contributed by atoms with van der Waals surface area (Å²) in [6.45, 7) is 8.42. The molecule has 3 rings (SSSR count). The van der Waals surface area contributed by atoms with Gasteiger partial charge in [-0.25, -0.2) is 0 Å². The van der Waals surface area contributed by atoms with Crippen LogP contribution in [0.5, 0.6) is 0 Å². The number of ether oxygens (including phenoxy) is 1. The van der Waals surface area contributed by atoms with Crippen LogP contribution in [0, 0.1) is 11.8 Å². The van der Waals surface area contributed by atoms with E-state index in [1.54, 1.807) is 19.1 Å². The molecule has 0 bridgehead atoms. The number of fused-ring (bicyclic) bond motifs is 1. The lowest BCUT2D eigenvalue weighted by Gasteiger charge is -2.23. The highest BCUT2D eigenvalue weighted by Gasteiger charge is 2.29. The number of benzene rings is 3. The van der Waals surface area contributed by atoms with Crippen molar-refractivity contribution < 1.29 is 29.0 Å². The molecular weight excluding hydrogens is 558 g/mol. The van der Waals surface area contributed by atoms with Crippen molar-refractivity contribution in [3.8, 4) is 0 Å². The van der Waals surface area contributed by atoms with Crippen LogP contribution in [-0.2, 0) is 30.3 Å². The number of anilines is 1. The van der Waals surface area contributed by atoms with Crippen LogP contribution in [-0.4, -0.2) is 54.1 Å². The highest BCUT2D eigenvalue weighted by atomic mass is 16.5. The summed E-state index contributed by atoms with van der Waals surface area (Å²) in [6, 6.07) is 20.9. The van der Waals surface area contributed by atoms with E-state index in [1.165, 1.54) is 6.08 Å². The standard InChI is InChI=1S/C35H41N3O6/c1-4-11-28(21-32(40)36-24(3)22-39)33(41)38-31(34(42)37-30-18-17-26-15-9-10-16-27(26)20-30)23-44-35(43)29(12-5-2)19-25-13-7-6-8-14-25/h4-10,13-18,20,24,28-29,31,39H,1-2,11-12,19,21-23H2,3H3,(H,36,40)(H,37,42)(H,38,41)/t24-,28-,29+,31+/m1/s1. The molecule has 232 valence electrons. The van der Waals surface area contributed by atoms with Crippen molar-refractivity contribution in [3.05, 3.63) is 104 Å². The number of hydrogen-bond acceptors (Lipinski definition) is 6. The van der Waals surface area contributed by atoms with Crippen LogP contribution in [0.15, 0.2) is 98.1 Å². The van der Waals surface area contributed by atoms with Gasteiger partial charge in [0.2, 0.25) is 11.8 Å². The first-order chi connectivity index (χ1) is 21.2. The lowest BCUT2D eigenvalue weighted by molar-refractivity contribution is -0.150. The summed E-state index contributed by atoms with van der Waals surface area (Å²) < 4.78 is 5.62. The third-order valence-corrected chi connectivity index (χ3v) is 7.09. The second-order valence-electron chi connectivity index (χ2n) is 10.7. The van der Waals surface area contributed by atoms with E-state index in [4.69, 9.17) is 4.74 Å². The van der Waals surface area contributed by atoms with Crippen LogP contribution in [0.1, 0.15) is 31.7 Å². The Balaban J connectivity index is 1.78. The van der Waals surface area contributed by atoms with Gasteiger partial charge in [-0.2, -0.15) is 0 Å². The Labute approximate surface area is 258 Å². The topological polar surface area (TPSA) is 134 Å². The molecular formula is C35H41N3O6. The number of carbonyl (C=O) groups is 4. The summed E-state index contributed by atoms with van der Waals surface area (Å²) in [7, 11) is 0. The van der Waals surface area contributed by atoms with Crippen LogP contribution in [0.2, 0.25) is 0 Å². The highest BCUT2D eigenvalue weighted by Crippen LogP contribution is 2.20. The van der Waals surface area contributed by atoms with Crippen LogP contribution >= 0.6 is 0 Å². The van der Waals surface area contributed by atoms with Crippen LogP contribution in [0.3, 0.4) is 0 Å². The zero-order valence-corrected chi connectivity index (χ0v) is 25.0. The normalized spacial score (nSPS) is 13.5. The van der Waals surface area contributed by atoms with Gasteiger partial charge in [0.05, 0.1) is 18.4 Å². The van der Waals surface area contributed by atoms with E-state index in [2.05, 4.69) is 29.1 Å². The summed E-state index contributed by atoms with van der Waals surface area (Å²) in [6.07, 6.45) is 3.94. The number of esters is 1. The van der Waals surface area contributed by atoms with Gasteiger partial charge in [0.15, 0.2) is 0 Å². The monoisotopic (exact) mass is 599 g/mol. The molecule has 0 unspecified atom stereocenters. The number of aliphatic hydroxyl groups excluding tert-OH is 1. The smallest absolute Gasteiger partial charge is 0.309 e. The number of hydrogen-bond donors (Lipinski definition) is 4. The number of allylic oxidation sites excluding steroid dienone is 2. The molecule has 9 nitrogen and oxygen atoms in total. The van der Waals surface area contributed by atoms with Crippen molar-refractivity contribution in [2.75, 3.05) is 18.5 Å². The lowest BCUT2D eigenvalue weighted by atomic mass is 9.96. The Morgan fingerprint density at radius 3 is 2.18 bits per heavy atom. The number of carbonyl (C=O) groups excluding carboxylic acids is 4. The molecule has 0 saturated heterocycles. The average Bonchev–Trinajstić information content (AvgIpc) is 3.02. The number of rotatable bonds is 17. The maximum absolute atomic E-state index is 13.5. The van der Waals surface area contributed by atoms with E-state index in [-0.39, 0.29) is 19.4 Å². The number of nitrogens with one attached hydrogen (secondary N) is 3. The molecule has 0 spiro atoms. The summed E-state index contributed by atoms with van der Waals surface area (Å²) >= 11 is 0. The Morgan fingerprint density at radius 1 is 0.841 bits per heavy atom. The molecule has 0 radical (unpaired) electrons. The zero-order chi connectivity index (χ0) is 31.9. The van der Waals surface area contributed by atoms with Gasteiger partial charge in [-0.05, 0) is 54.7 Å². The zero-order valence-electron chi connectivity index (χ0n) is 25.0. The van der Waals surface area contributed by atoms with Gasteiger partial charge in [-0.1, -0.05) is 72.8 Å². The minimum Gasteiger partial charge on any atom is -0.463 e. The van der Waals surface area contributed by atoms with Gasteiger partial charge in [-0.15, -0.1) is 13.2 Å². The summed E-state index contributed by atoms with van der Waals surface area (Å²) in [5.74, 6) is -3.46. The fourth-order valence-electron chi connectivity index (χ4n) is 4.70. The lowest BCUT2D eigenvalue weighted by Crippen LogP contribution is -2.50. The SMILES string of the molecule is C=CC[C@H](CC(=O)N[C@H](C)CO)C(=O)N[C@@H](COC(=O)[C@@H](CC=C)Cc1ccccc1)C(=O)Nc1ccc2ccccc2c1. The van der Waals surface area contributed by atoms with Crippen molar-refractivity contribution in [2.24, 2.45) is 11.8 Å². The highest BCUT2D eigenvalue weighted by molar-refractivity contribution is 5.99. The first kappa shape index (κ1) is 33.7.